The topological polar surface area (TPSA) is 24.9 Å². The minimum absolute atomic E-state index is 0.737. The fourth-order valence-electron chi connectivity index (χ4n) is 2.22. The van der Waals surface area contributed by atoms with Gasteiger partial charge >= 0.3 is 0 Å². The first-order valence-corrected chi connectivity index (χ1v) is 8.43. The minimum Gasteiger partial charge on any atom is -0.309 e. The van der Waals surface area contributed by atoms with Crippen molar-refractivity contribution in [1.29, 1.82) is 0 Å². The first kappa shape index (κ1) is 14.1. The van der Waals surface area contributed by atoms with Crippen LogP contribution in [-0.2, 0) is 13.0 Å². The van der Waals surface area contributed by atoms with Crippen LogP contribution in [0.3, 0.4) is 0 Å². The fourth-order valence-corrected chi connectivity index (χ4v) is 3.47. The molecule has 2 aromatic rings. The lowest BCUT2D eigenvalue weighted by atomic mass is 10.2. The number of nitrogens with zero attached hydrogens (tertiary/aromatic N) is 1. The number of aryl methyl sites for hydroxylation is 1. The summed E-state index contributed by atoms with van der Waals surface area (Å²) in [7, 11) is 0. The Morgan fingerprint density at radius 3 is 2.95 bits per heavy atom. The van der Waals surface area contributed by atoms with Crippen LogP contribution >= 0.6 is 22.9 Å². The van der Waals surface area contributed by atoms with E-state index < -0.39 is 0 Å². The Kier molecular flexibility index (Phi) is 4.39. The van der Waals surface area contributed by atoms with Crippen molar-refractivity contribution in [2.45, 2.75) is 45.2 Å². The van der Waals surface area contributed by atoms with Gasteiger partial charge in [-0.1, -0.05) is 37.1 Å². The van der Waals surface area contributed by atoms with E-state index in [-0.39, 0.29) is 0 Å². The van der Waals surface area contributed by atoms with Crippen molar-refractivity contribution in [2.75, 3.05) is 0 Å². The second-order valence-corrected chi connectivity index (χ2v) is 6.82. The summed E-state index contributed by atoms with van der Waals surface area (Å²) in [4.78, 5) is 6.21. The summed E-state index contributed by atoms with van der Waals surface area (Å²) in [6.07, 6.45) is 4.83. The smallest absolute Gasteiger partial charge is 0.123 e. The number of aromatic nitrogens is 1. The number of benzene rings is 1. The number of halogens is 1. The molecular weight excluding hydrogens is 288 g/mol. The minimum atomic E-state index is 0.737. The number of rotatable bonds is 6. The Hall–Kier alpha value is -0.900. The third-order valence-electron chi connectivity index (χ3n) is 3.47. The third kappa shape index (κ3) is 3.40. The highest BCUT2D eigenvalue weighted by molar-refractivity contribution is 7.15. The van der Waals surface area contributed by atoms with Gasteiger partial charge in [-0.25, -0.2) is 4.98 Å². The Morgan fingerprint density at radius 1 is 1.40 bits per heavy atom. The van der Waals surface area contributed by atoms with Crippen LogP contribution in [0.4, 0.5) is 0 Å². The maximum Gasteiger partial charge on any atom is 0.123 e. The summed E-state index contributed by atoms with van der Waals surface area (Å²) >= 11 is 7.88. The van der Waals surface area contributed by atoms with Crippen molar-refractivity contribution < 1.29 is 0 Å². The molecule has 4 heteroatoms. The van der Waals surface area contributed by atoms with E-state index in [0.29, 0.717) is 0 Å². The van der Waals surface area contributed by atoms with Crippen LogP contribution < -0.4 is 5.32 Å². The molecule has 0 aliphatic heterocycles. The lowest BCUT2D eigenvalue weighted by Gasteiger charge is -2.01. The number of hydrogen-bond acceptors (Lipinski definition) is 3. The van der Waals surface area contributed by atoms with E-state index in [1.165, 1.54) is 23.4 Å². The lowest BCUT2D eigenvalue weighted by Crippen LogP contribution is -2.15. The summed E-state index contributed by atoms with van der Waals surface area (Å²) in [5.74, 6) is 0. The molecule has 20 heavy (non-hydrogen) atoms. The van der Waals surface area contributed by atoms with Crippen LogP contribution in [0.5, 0.6) is 0 Å². The standard InChI is InChI=1S/C16H19ClN2S/c1-2-4-14-15(10-18-13-7-8-13)20-16(19-14)11-5-3-6-12(17)9-11/h3,5-6,9,13,18H,2,4,7-8,10H2,1H3. The van der Waals surface area contributed by atoms with E-state index in [0.717, 1.165) is 41.0 Å². The van der Waals surface area contributed by atoms with Crippen LogP contribution in [0, 0.1) is 0 Å². The number of hydrogen-bond donors (Lipinski definition) is 1. The predicted octanol–water partition coefficient (Wildman–Crippen LogP) is 4.67. The quantitative estimate of drug-likeness (QED) is 0.839. The Balaban J connectivity index is 1.84. The van der Waals surface area contributed by atoms with Gasteiger partial charge in [-0.2, -0.15) is 0 Å². The highest BCUT2D eigenvalue weighted by Gasteiger charge is 2.21. The first-order valence-electron chi connectivity index (χ1n) is 7.24. The van der Waals surface area contributed by atoms with E-state index in [9.17, 15) is 0 Å². The highest BCUT2D eigenvalue weighted by Crippen LogP contribution is 2.31. The maximum absolute atomic E-state index is 6.08. The average Bonchev–Trinajstić information content (AvgIpc) is 3.18. The van der Waals surface area contributed by atoms with Crippen LogP contribution in [0.2, 0.25) is 5.02 Å². The summed E-state index contributed by atoms with van der Waals surface area (Å²) in [5.41, 5.74) is 2.37. The van der Waals surface area contributed by atoms with E-state index >= 15 is 0 Å². The van der Waals surface area contributed by atoms with Crippen LogP contribution in [-0.4, -0.2) is 11.0 Å². The molecule has 3 rings (SSSR count). The van der Waals surface area contributed by atoms with Crippen molar-refractivity contribution in [3.63, 3.8) is 0 Å². The average molecular weight is 307 g/mol. The van der Waals surface area contributed by atoms with Crippen molar-refractivity contribution in [2.24, 2.45) is 0 Å². The third-order valence-corrected chi connectivity index (χ3v) is 4.85. The zero-order valence-corrected chi connectivity index (χ0v) is 13.2. The van der Waals surface area contributed by atoms with Gasteiger partial charge in [-0.05, 0) is 31.4 Å². The van der Waals surface area contributed by atoms with Crippen molar-refractivity contribution in [1.82, 2.24) is 10.3 Å². The SMILES string of the molecule is CCCc1nc(-c2cccc(Cl)c2)sc1CNC1CC1. The van der Waals surface area contributed by atoms with Gasteiger partial charge < -0.3 is 5.32 Å². The Bertz CT molecular complexity index is 590. The molecule has 0 amide bonds. The van der Waals surface area contributed by atoms with Crippen molar-refractivity contribution in [3.05, 3.63) is 39.9 Å². The van der Waals surface area contributed by atoms with Crippen LogP contribution in [0.15, 0.2) is 24.3 Å². The second kappa shape index (κ2) is 6.25. The van der Waals surface area contributed by atoms with Gasteiger partial charge in [0.15, 0.2) is 0 Å². The molecule has 0 atom stereocenters. The van der Waals surface area contributed by atoms with Gasteiger partial charge in [0.05, 0.1) is 5.69 Å². The Morgan fingerprint density at radius 2 is 2.25 bits per heavy atom. The molecule has 1 aromatic heterocycles. The van der Waals surface area contributed by atoms with E-state index in [1.54, 1.807) is 11.3 Å². The first-order chi connectivity index (χ1) is 9.76. The normalized spacial score (nSPS) is 14.7. The molecule has 0 saturated heterocycles. The van der Waals surface area contributed by atoms with E-state index in [1.807, 2.05) is 18.2 Å². The molecule has 1 heterocycles. The molecule has 106 valence electrons. The monoisotopic (exact) mass is 306 g/mol. The molecule has 1 aromatic carbocycles. The molecule has 1 aliphatic rings. The maximum atomic E-state index is 6.08. The molecule has 1 fully saturated rings. The van der Waals surface area contributed by atoms with Gasteiger partial charge in [0.1, 0.15) is 5.01 Å². The van der Waals surface area contributed by atoms with E-state index in [4.69, 9.17) is 16.6 Å². The summed E-state index contributed by atoms with van der Waals surface area (Å²) < 4.78 is 0. The van der Waals surface area contributed by atoms with Gasteiger partial charge in [-0.3, -0.25) is 0 Å². The summed E-state index contributed by atoms with van der Waals surface area (Å²) in [6.45, 7) is 3.16. The number of nitrogens with one attached hydrogen (secondary N) is 1. The van der Waals surface area contributed by atoms with Gasteiger partial charge in [-0.15, -0.1) is 11.3 Å². The van der Waals surface area contributed by atoms with Crippen LogP contribution in [0.25, 0.3) is 10.6 Å². The second-order valence-electron chi connectivity index (χ2n) is 5.30. The molecule has 0 spiro atoms. The van der Waals surface area contributed by atoms with Gasteiger partial charge in [0.2, 0.25) is 0 Å². The van der Waals surface area contributed by atoms with Crippen LogP contribution in [0.1, 0.15) is 36.8 Å². The molecule has 1 N–H and O–H groups in total. The molecule has 1 aliphatic carbocycles. The highest BCUT2D eigenvalue weighted by atomic mass is 35.5. The summed E-state index contributed by atoms with van der Waals surface area (Å²) in [6, 6.07) is 8.70. The molecule has 0 unspecified atom stereocenters. The van der Waals surface area contributed by atoms with Crippen molar-refractivity contribution >= 4 is 22.9 Å². The van der Waals surface area contributed by atoms with E-state index in [2.05, 4.69) is 18.3 Å². The largest absolute Gasteiger partial charge is 0.309 e. The lowest BCUT2D eigenvalue weighted by molar-refractivity contribution is 0.686. The number of thiazole rings is 1. The zero-order chi connectivity index (χ0) is 13.9. The Labute approximate surface area is 129 Å². The zero-order valence-electron chi connectivity index (χ0n) is 11.7. The fraction of sp³-hybridized carbons (Fsp3) is 0.438. The molecule has 0 bridgehead atoms. The van der Waals surface area contributed by atoms with Gasteiger partial charge in [0.25, 0.3) is 0 Å². The molecule has 0 radical (unpaired) electrons. The summed E-state index contributed by atoms with van der Waals surface area (Å²) in [5, 5.41) is 5.45. The predicted molar refractivity (Wildman–Crippen MR) is 86.4 cm³/mol. The van der Waals surface area contributed by atoms with Crippen molar-refractivity contribution in [3.8, 4) is 10.6 Å². The molecule has 1 saturated carbocycles. The molecular formula is C16H19ClN2S. The molecule has 2 nitrogen and oxygen atoms in total. The van der Waals surface area contributed by atoms with Gasteiger partial charge in [0, 0.05) is 28.0 Å².